The van der Waals surface area contributed by atoms with E-state index >= 15 is 0 Å². The first kappa shape index (κ1) is 21.1. The monoisotopic (exact) mass is 402 g/mol. The first-order valence-electron chi connectivity index (χ1n) is 9.90. The van der Waals surface area contributed by atoms with Crippen LogP contribution in [0.25, 0.3) is 0 Å². The van der Waals surface area contributed by atoms with Crippen molar-refractivity contribution in [3.8, 4) is 11.5 Å². The van der Waals surface area contributed by atoms with Crippen molar-refractivity contribution in [3.63, 3.8) is 0 Å². The predicted octanol–water partition coefficient (Wildman–Crippen LogP) is 3.76. The van der Waals surface area contributed by atoms with Gasteiger partial charge in [0.1, 0.15) is 29.8 Å². The van der Waals surface area contributed by atoms with E-state index in [1.54, 1.807) is 12.1 Å². The Morgan fingerprint density at radius 2 is 1.93 bits per heavy atom. The maximum absolute atomic E-state index is 13.0. The van der Waals surface area contributed by atoms with Gasteiger partial charge in [-0.2, -0.15) is 0 Å². The normalized spacial score (nSPS) is 19.0. The molecule has 0 aromatic heterocycles. The maximum Gasteiger partial charge on any atom is 0.315 e. The van der Waals surface area contributed by atoms with Crippen LogP contribution in [-0.4, -0.2) is 37.0 Å². The molecule has 0 radical (unpaired) electrons. The average molecular weight is 402 g/mol. The SMILES string of the molecule is Cc1cc(C)c(OC[C@@H]2C(=O)OCC[C@H]2O)c(CCCOc2ccc(F)cc2)c1. The summed E-state index contributed by atoms with van der Waals surface area (Å²) in [6.45, 7) is 4.82. The van der Waals surface area contributed by atoms with Crippen LogP contribution in [-0.2, 0) is 16.0 Å². The highest BCUT2D eigenvalue weighted by atomic mass is 19.1. The standard InChI is InChI=1S/C23H27FO5/c1-15-12-16(2)22(29-14-20-21(25)9-11-28-23(20)26)17(13-15)4-3-10-27-19-7-5-18(24)6-8-19/h5-8,12-13,20-21,25H,3-4,9-11,14H2,1-2H3/t20-,21+/m0/s1. The van der Waals surface area contributed by atoms with Gasteiger partial charge in [-0.05, 0) is 62.1 Å². The molecular formula is C23H27FO5. The van der Waals surface area contributed by atoms with Crippen LogP contribution in [0.1, 0.15) is 29.5 Å². The summed E-state index contributed by atoms with van der Waals surface area (Å²) in [6, 6.07) is 10.1. The number of hydrogen-bond donors (Lipinski definition) is 1. The highest BCUT2D eigenvalue weighted by Crippen LogP contribution is 2.28. The Kier molecular flexibility index (Phi) is 7.09. The summed E-state index contributed by atoms with van der Waals surface area (Å²) in [7, 11) is 0. The van der Waals surface area contributed by atoms with Crippen molar-refractivity contribution < 1.29 is 28.5 Å². The van der Waals surface area contributed by atoms with E-state index in [1.807, 2.05) is 19.9 Å². The summed E-state index contributed by atoms with van der Waals surface area (Å²) in [6.07, 6.45) is 1.18. The molecule has 0 saturated carbocycles. The van der Waals surface area contributed by atoms with Crippen LogP contribution >= 0.6 is 0 Å². The van der Waals surface area contributed by atoms with Crippen LogP contribution in [0.5, 0.6) is 11.5 Å². The number of esters is 1. The molecule has 156 valence electrons. The van der Waals surface area contributed by atoms with E-state index in [2.05, 4.69) is 6.07 Å². The van der Waals surface area contributed by atoms with Crippen molar-refractivity contribution in [2.45, 2.75) is 39.2 Å². The molecule has 3 rings (SSSR count). The van der Waals surface area contributed by atoms with Gasteiger partial charge in [0.25, 0.3) is 0 Å². The maximum atomic E-state index is 13.0. The van der Waals surface area contributed by atoms with Gasteiger partial charge in [-0.1, -0.05) is 17.7 Å². The second-order valence-electron chi connectivity index (χ2n) is 7.42. The van der Waals surface area contributed by atoms with Crippen molar-refractivity contribution in [2.75, 3.05) is 19.8 Å². The summed E-state index contributed by atoms with van der Waals surface area (Å²) >= 11 is 0. The molecule has 1 saturated heterocycles. The van der Waals surface area contributed by atoms with E-state index in [1.165, 1.54) is 12.1 Å². The summed E-state index contributed by atoms with van der Waals surface area (Å²) in [5.74, 6) is -0.000678. The molecule has 6 heteroatoms. The number of aliphatic hydroxyl groups excluding tert-OH is 1. The molecule has 0 unspecified atom stereocenters. The van der Waals surface area contributed by atoms with Crippen molar-refractivity contribution in [1.82, 2.24) is 0 Å². The summed E-state index contributed by atoms with van der Waals surface area (Å²) in [5.41, 5.74) is 3.14. The minimum Gasteiger partial charge on any atom is -0.494 e. The van der Waals surface area contributed by atoms with Crippen LogP contribution in [0.15, 0.2) is 36.4 Å². The van der Waals surface area contributed by atoms with Gasteiger partial charge >= 0.3 is 5.97 Å². The summed E-state index contributed by atoms with van der Waals surface area (Å²) < 4.78 is 29.6. The van der Waals surface area contributed by atoms with Crippen molar-refractivity contribution in [2.24, 2.45) is 5.92 Å². The van der Waals surface area contributed by atoms with Gasteiger partial charge < -0.3 is 19.3 Å². The van der Waals surface area contributed by atoms with Gasteiger partial charge in [0, 0.05) is 6.42 Å². The van der Waals surface area contributed by atoms with Crippen molar-refractivity contribution >= 4 is 5.97 Å². The van der Waals surface area contributed by atoms with E-state index in [4.69, 9.17) is 14.2 Å². The fourth-order valence-corrected chi connectivity index (χ4v) is 3.52. The van der Waals surface area contributed by atoms with Crippen LogP contribution < -0.4 is 9.47 Å². The number of halogens is 1. The number of aliphatic hydroxyl groups is 1. The zero-order valence-corrected chi connectivity index (χ0v) is 16.8. The second kappa shape index (κ2) is 9.74. The zero-order chi connectivity index (χ0) is 20.8. The third-order valence-corrected chi connectivity index (χ3v) is 5.00. The van der Waals surface area contributed by atoms with E-state index in [-0.39, 0.29) is 19.0 Å². The Morgan fingerprint density at radius 1 is 1.17 bits per heavy atom. The highest BCUT2D eigenvalue weighted by molar-refractivity contribution is 5.74. The lowest BCUT2D eigenvalue weighted by molar-refractivity contribution is -0.162. The van der Waals surface area contributed by atoms with E-state index in [0.717, 1.165) is 35.3 Å². The number of rotatable bonds is 8. The fraction of sp³-hybridized carbons (Fsp3) is 0.435. The minimum absolute atomic E-state index is 0.0863. The number of aryl methyl sites for hydroxylation is 3. The lowest BCUT2D eigenvalue weighted by Gasteiger charge is -2.27. The Balaban J connectivity index is 1.60. The molecule has 1 N–H and O–H groups in total. The van der Waals surface area contributed by atoms with Crippen molar-refractivity contribution in [1.29, 1.82) is 0 Å². The van der Waals surface area contributed by atoms with Gasteiger partial charge in [-0.15, -0.1) is 0 Å². The van der Waals surface area contributed by atoms with Crippen LogP contribution in [0.2, 0.25) is 0 Å². The number of benzene rings is 2. The fourth-order valence-electron chi connectivity index (χ4n) is 3.52. The first-order chi connectivity index (χ1) is 13.9. The van der Waals surface area contributed by atoms with Gasteiger partial charge in [-0.3, -0.25) is 4.79 Å². The third-order valence-electron chi connectivity index (χ3n) is 5.00. The summed E-state index contributed by atoms with van der Waals surface area (Å²) in [4.78, 5) is 11.9. The van der Waals surface area contributed by atoms with E-state index in [0.29, 0.717) is 18.8 Å². The number of carbonyl (C=O) groups is 1. The largest absolute Gasteiger partial charge is 0.494 e. The molecule has 1 aliphatic rings. The quantitative estimate of drug-likeness (QED) is 0.538. The zero-order valence-electron chi connectivity index (χ0n) is 16.8. The van der Waals surface area contributed by atoms with Crippen LogP contribution in [0, 0.1) is 25.6 Å². The minimum atomic E-state index is -0.741. The Morgan fingerprint density at radius 3 is 2.66 bits per heavy atom. The Hall–Kier alpha value is -2.60. The molecule has 1 aliphatic heterocycles. The molecule has 2 atom stereocenters. The smallest absolute Gasteiger partial charge is 0.315 e. The average Bonchev–Trinajstić information content (AvgIpc) is 2.67. The molecule has 0 bridgehead atoms. The molecule has 2 aromatic carbocycles. The van der Waals surface area contributed by atoms with Crippen LogP contribution in [0.4, 0.5) is 4.39 Å². The van der Waals surface area contributed by atoms with Crippen molar-refractivity contribution in [3.05, 3.63) is 58.9 Å². The molecule has 0 amide bonds. The lowest BCUT2D eigenvalue weighted by Crippen LogP contribution is -2.40. The molecule has 2 aromatic rings. The number of hydrogen-bond acceptors (Lipinski definition) is 5. The molecule has 5 nitrogen and oxygen atoms in total. The molecular weight excluding hydrogens is 375 g/mol. The number of cyclic esters (lactones) is 1. The number of ether oxygens (including phenoxy) is 3. The van der Waals surface area contributed by atoms with E-state index < -0.39 is 18.0 Å². The Bertz CT molecular complexity index is 834. The van der Waals surface area contributed by atoms with E-state index in [9.17, 15) is 14.3 Å². The Labute approximate surface area is 170 Å². The molecule has 29 heavy (non-hydrogen) atoms. The predicted molar refractivity (Wildman–Crippen MR) is 107 cm³/mol. The van der Waals surface area contributed by atoms with Crippen LogP contribution in [0.3, 0.4) is 0 Å². The van der Waals surface area contributed by atoms with Gasteiger partial charge in [0.05, 0.1) is 19.3 Å². The molecule has 1 fully saturated rings. The third kappa shape index (κ3) is 5.70. The summed E-state index contributed by atoms with van der Waals surface area (Å²) in [5, 5.41) is 10.1. The lowest BCUT2D eigenvalue weighted by atomic mass is 9.98. The first-order valence-corrected chi connectivity index (χ1v) is 9.90. The van der Waals surface area contributed by atoms with Gasteiger partial charge in [0.15, 0.2) is 0 Å². The molecule has 1 heterocycles. The van der Waals surface area contributed by atoms with Gasteiger partial charge in [0.2, 0.25) is 0 Å². The topological polar surface area (TPSA) is 65.0 Å². The second-order valence-corrected chi connectivity index (χ2v) is 7.42. The highest BCUT2D eigenvalue weighted by Gasteiger charge is 2.33. The molecule has 0 aliphatic carbocycles. The molecule has 0 spiro atoms. The van der Waals surface area contributed by atoms with Gasteiger partial charge in [-0.25, -0.2) is 4.39 Å². The number of carbonyl (C=O) groups excluding carboxylic acids is 1.